The SMILES string of the molecule is c1ccc2cc3c(cc2c1)c1ccccc1n3-c1cc2oc3ccccc3c2cc1-c1nc(-c2ccc3oc4c(-c5cccc6c5oc5cc(-n7c8ccccc8c8cc9ccccc9cc87)c(-c7nc(-c8ccc9sc%10ccccc%10c9c8)nc(-n8c9ccccc9c9ccccc98)n7)cc56)cccc4c3c2)nc(-n2c3ccccc3c3ccccc32)n1. The first kappa shape index (κ1) is 67.2. The van der Waals surface area contributed by atoms with Crippen LogP contribution in [0.15, 0.2) is 377 Å². The van der Waals surface area contributed by atoms with Gasteiger partial charge in [-0.25, -0.2) is 9.97 Å². The van der Waals surface area contributed by atoms with E-state index in [9.17, 15) is 0 Å². The van der Waals surface area contributed by atoms with Crippen LogP contribution in [-0.4, -0.2) is 48.2 Å². The van der Waals surface area contributed by atoms with E-state index in [0.29, 0.717) is 57.5 Å². The Kier molecular flexibility index (Phi) is 13.8. The third-order valence-corrected chi connectivity index (χ3v) is 26.8. The molecule has 0 radical (unpaired) electrons. The van der Waals surface area contributed by atoms with Crippen molar-refractivity contribution in [1.82, 2.24) is 48.2 Å². The molecule has 0 fully saturated rings. The number of furan rings is 3. The van der Waals surface area contributed by atoms with E-state index in [0.717, 1.165) is 202 Å². The summed E-state index contributed by atoms with van der Waals surface area (Å²) in [6, 6.07) is 129. The van der Waals surface area contributed by atoms with Crippen LogP contribution < -0.4 is 0 Å². The van der Waals surface area contributed by atoms with Crippen LogP contribution in [0.5, 0.6) is 0 Å². The van der Waals surface area contributed by atoms with Crippen molar-refractivity contribution in [3.63, 3.8) is 0 Å². The molecule has 0 N–H and O–H groups in total. The van der Waals surface area contributed by atoms with Crippen LogP contribution in [0.3, 0.4) is 0 Å². The average Bonchev–Trinajstić information content (AvgIpc) is 1.56. The van der Waals surface area contributed by atoms with Gasteiger partial charge < -0.3 is 22.4 Å². The van der Waals surface area contributed by atoms with Crippen molar-refractivity contribution in [2.45, 2.75) is 0 Å². The van der Waals surface area contributed by atoms with Crippen molar-refractivity contribution in [2.75, 3.05) is 0 Å². The number of para-hydroxylation sites is 9. The quantitative estimate of drug-likeness (QED) is 0.138. The van der Waals surface area contributed by atoms with Crippen LogP contribution in [-0.2, 0) is 0 Å². The molecule has 0 atom stereocenters. The Bertz CT molecular complexity index is 9480. The number of rotatable bonds is 9. The van der Waals surface area contributed by atoms with Gasteiger partial charge in [-0.1, -0.05) is 231 Å². The topological polar surface area (TPSA) is 136 Å². The van der Waals surface area contributed by atoms with Gasteiger partial charge in [0.2, 0.25) is 11.9 Å². The molecule has 0 amide bonds. The number of hydrogen-bond donors (Lipinski definition) is 0. The number of fused-ring (bicyclic) bond motifs is 26. The predicted octanol–water partition coefficient (Wildman–Crippen LogP) is 29.2. The zero-order valence-corrected chi connectivity index (χ0v) is 66.6. The van der Waals surface area contributed by atoms with Crippen molar-refractivity contribution in [1.29, 1.82) is 0 Å². The van der Waals surface area contributed by atoms with Gasteiger partial charge in [0.1, 0.15) is 33.5 Å². The monoisotopic (exact) mass is 1600 g/mol. The van der Waals surface area contributed by atoms with Crippen LogP contribution >= 0.6 is 11.3 Å². The molecule has 18 aromatic carbocycles. The third-order valence-electron chi connectivity index (χ3n) is 25.6. The molecule has 0 spiro atoms. The molecule has 10 aromatic heterocycles. The highest BCUT2D eigenvalue weighted by atomic mass is 32.1. The van der Waals surface area contributed by atoms with Gasteiger partial charge in [-0.15, -0.1) is 11.3 Å². The molecule has 10 heterocycles. The van der Waals surface area contributed by atoms with E-state index in [1.54, 1.807) is 11.3 Å². The zero-order valence-electron chi connectivity index (χ0n) is 65.7. The largest absolute Gasteiger partial charge is 0.456 e. The van der Waals surface area contributed by atoms with Gasteiger partial charge in [0, 0.05) is 141 Å². The molecule has 0 aliphatic carbocycles. The Morgan fingerprint density at radius 1 is 0.194 bits per heavy atom. The Hall–Kier alpha value is -16.7. The summed E-state index contributed by atoms with van der Waals surface area (Å²) in [5.74, 6) is 2.98. The van der Waals surface area contributed by atoms with E-state index in [2.05, 4.69) is 370 Å². The second-order valence-electron chi connectivity index (χ2n) is 32.4. The van der Waals surface area contributed by atoms with E-state index in [1.165, 1.54) is 14.8 Å². The number of aromatic nitrogens is 10. The second kappa shape index (κ2) is 25.4. The number of thiophene rings is 1. The van der Waals surface area contributed by atoms with E-state index in [1.807, 2.05) is 12.1 Å². The van der Waals surface area contributed by atoms with E-state index in [4.69, 9.17) is 43.2 Å². The fourth-order valence-electron chi connectivity index (χ4n) is 20.1. The molecule has 0 aliphatic rings. The molecular weight excluding hydrogens is 1540 g/mol. The summed E-state index contributed by atoms with van der Waals surface area (Å²) in [5, 5.41) is 21.3. The zero-order chi connectivity index (χ0) is 80.7. The molecule has 0 saturated carbocycles. The molecule has 0 aliphatic heterocycles. The van der Waals surface area contributed by atoms with Crippen LogP contribution in [0.2, 0.25) is 0 Å². The van der Waals surface area contributed by atoms with Gasteiger partial charge in [0.25, 0.3) is 0 Å². The maximum absolute atomic E-state index is 7.53. The highest BCUT2D eigenvalue weighted by molar-refractivity contribution is 7.25. The van der Waals surface area contributed by atoms with Crippen LogP contribution in [0.1, 0.15) is 0 Å². The molecule has 14 heteroatoms. The van der Waals surface area contributed by atoms with Gasteiger partial charge in [0.15, 0.2) is 23.3 Å². The Morgan fingerprint density at radius 3 is 1.06 bits per heavy atom. The minimum atomic E-state index is 0.470. The lowest BCUT2D eigenvalue weighted by molar-refractivity contribution is 0.665. The number of benzene rings is 18. The predicted molar refractivity (Wildman–Crippen MR) is 507 cm³/mol. The minimum Gasteiger partial charge on any atom is -0.456 e. The Labute approximate surface area is 706 Å². The summed E-state index contributed by atoms with van der Waals surface area (Å²) in [6.07, 6.45) is 0. The lowest BCUT2D eigenvalue weighted by Gasteiger charge is -2.16. The summed E-state index contributed by atoms with van der Waals surface area (Å²) in [7, 11) is 0. The van der Waals surface area contributed by atoms with Crippen molar-refractivity contribution in [3.05, 3.63) is 364 Å². The molecule has 28 aromatic rings. The summed E-state index contributed by atoms with van der Waals surface area (Å²) in [6.45, 7) is 0. The molecular formula is C110H60N10O3S. The molecule has 124 heavy (non-hydrogen) atoms. The van der Waals surface area contributed by atoms with Gasteiger partial charge in [-0.2, -0.15) is 19.9 Å². The smallest absolute Gasteiger partial charge is 0.238 e. The van der Waals surface area contributed by atoms with Gasteiger partial charge in [-0.3, -0.25) is 9.13 Å². The molecule has 0 saturated heterocycles. The number of hydrogen-bond acceptors (Lipinski definition) is 10. The highest BCUT2D eigenvalue weighted by Gasteiger charge is 2.30. The van der Waals surface area contributed by atoms with Gasteiger partial charge in [0.05, 0.1) is 55.5 Å². The maximum Gasteiger partial charge on any atom is 0.238 e. The lowest BCUT2D eigenvalue weighted by atomic mass is 9.99. The van der Waals surface area contributed by atoms with Gasteiger partial charge in [-0.05, 0) is 143 Å². The van der Waals surface area contributed by atoms with Crippen molar-refractivity contribution in [2.24, 2.45) is 0 Å². The molecule has 13 nitrogen and oxygen atoms in total. The first-order chi connectivity index (χ1) is 61.4. The van der Waals surface area contributed by atoms with Crippen molar-refractivity contribution >= 4 is 206 Å². The van der Waals surface area contributed by atoms with Crippen LogP contribution in [0, 0.1) is 0 Å². The summed E-state index contributed by atoms with van der Waals surface area (Å²) in [4.78, 5) is 34.1. The van der Waals surface area contributed by atoms with E-state index >= 15 is 0 Å². The standard InChI is InChI=1S/C110H60N10O3S/c1-3-25-63-55-93-79(51-61(63)23-1)71-31-9-13-39-87(71)117(93)95-59-99-82(73-33-11-19-45-97(73)121-99)57-85(95)107-111-105(113-109(115-107)119-89-41-15-5-27-67(89)68-28-6-16-42-90(68)119)65-47-49-98-81(53-65)77-37-21-35-75(103(77)122-98)76-36-22-38-78-83-58-86(96(60-100(83)123-104(76)78)118-88-40-14-10-32-72(88)80-52-62-24-2-4-26-64(62)56-94(80)118)108-112-106(66-48-50-102-84(54-66)74-34-12-20-46-101(74)124-102)114-110(116-108)120-91-43-17-7-29-69(91)70-30-8-18-44-92(70)120/h1-60H. The molecule has 0 bridgehead atoms. The fourth-order valence-corrected chi connectivity index (χ4v) is 21.2. The summed E-state index contributed by atoms with van der Waals surface area (Å²) < 4.78 is 33.2. The maximum atomic E-state index is 7.53. The minimum absolute atomic E-state index is 0.470. The van der Waals surface area contributed by atoms with Crippen molar-refractivity contribution < 1.29 is 13.3 Å². The van der Waals surface area contributed by atoms with Gasteiger partial charge >= 0.3 is 0 Å². The lowest BCUT2D eigenvalue weighted by Crippen LogP contribution is -2.08. The Balaban J connectivity index is 0.658. The number of nitrogens with zero attached hydrogens (tertiary/aromatic N) is 10. The van der Waals surface area contributed by atoms with Crippen molar-refractivity contribution in [3.8, 4) is 79.9 Å². The third kappa shape index (κ3) is 9.72. The first-order valence-electron chi connectivity index (χ1n) is 41.6. The van der Waals surface area contributed by atoms with E-state index in [-0.39, 0.29) is 0 Å². The fraction of sp³-hybridized carbons (Fsp3) is 0. The first-order valence-corrected chi connectivity index (χ1v) is 42.4. The van der Waals surface area contributed by atoms with Crippen LogP contribution in [0.4, 0.5) is 0 Å². The molecule has 0 unspecified atom stereocenters. The normalized spacial score (nSPS) is 12.4. The summed E-state index contributed by atoms with van der Waals surface area (Å²) >= 11 is 1.79. The molecule has 28 rings (SSSR count). The average molecular weight is 1600 g/mol. The highest BCUT2D eigenvalue weighted by Crippen LogP contribution is 2.49. The van der Waals surface area contributed by atoms with E-state index < -0.39 is 0 Å². The summed E-state index contributed by atoms with van der Waals surface area (Å²) in [5.41, 5.74) is 19.1. The molecule has 574 valence electrons. The van der Waals surface area contributed by atoms with Crippen LogP contribution in [0.25, 0.3) is 275 Å². The second-order valence-corrected chi connectivity index (χ2v) is 33.4. The Morgan fingerprint density at radius 2 is 0.548 bits per heavy atom.